The van der Waals surface area contributed by atoms with Crippen molar-refractivity contribution in [2.45, 2.75) is 33.6 Å². The lowest BCUT2D eigenvalue weighted by Crippen LogP contribution is -2.04. The predicted octanol–water partition coefficient (Wildman–Crippen LogP) is 5.91. The van der Waals surface area contributed by atoms with Crippen molar-refractivity contribution in [1.29, 1.82) is 0 Å². The molecule has 0 aliphatic carbocycles. The number of hydrogen-bond donors (Lipinski definition) is 0. The van der Waals surface area contributed by atoms with E-state index in [0.717, 1.165) is 36.2 Å². The fourth-order valence-electron chi connectivity index (χ4n) is 3.52. The van der Waals surface area contributed by atoms with Crippen LogP contribution in [0.15, 0.2) is 60.9 Å². The largest absolute Gasteiger partial charge is 0.493 e. The minimum absolute atomic E-state index is 0.535. The van der Waals surface area contributed by atoms with Gasteiger partial charge in [0.05, 0.1) is 23.8 Å². The smallest absolute Gasteiger partial charge is 0.119 e. The third kappa shape index (κ3) is 3.99. The lowest BCUT2D eigenvalue weighted by atomic mass is 9.98. The van der Waals surface area contributed by atoms with E-state index >= 15 is 0 Å². The standard InChI is InChI=1S/C25H26N2O/c1-17(2)16-28-21-9-6-19(7-10-21)5-8-20-12-13-26-24-15-27-23-14-18(3)4-11-22(23)25(20)24/h4,6-7,9-15,17H,5,8,16H2,1-3H3. The third-order valence-corrected chi connectivity index (χ3v) is 5.00. The highest BCUT2D eigenvalue weighted by molar-refractivity contribution is 6.05. The SMILES string of the molecule is Cc1ccc2c(c1)ncc1nccc(CCc3ccc(OCC(C)C)cc3)c12. The number of pyridine rings is 2. The van der Waals surface area contributed by atoms with E-state index in [-0.39, 0.29) is 0 Å². The van der Waals surface area contributed by atoms with Gasteiger partial charge in [-0.15, -0.1) is 0 Å². The minimum atomic E-state index is 0.535. The van der Waals surface area contributed by atoms with Crippen LogP contribution in [0, 0.1) is 12.8 Å². The summed E-state index contributed by atoms with van der Waals surface area (Å²) >= 11 is 0. The summed E-state index contributed by atoms with van der Waals surface area (Å²) in [6.45, 7) is 7.18. The molecule has 4 aromatic rings. The Balaban J connectivity index is 1.58. The van der Waals surface area contributed by atoms with Gasteiger partial charge in [-0.05, 0) is 66.6 Å². The molecule has 0 aliphatic rings. The van der Waals surface area contributed by atoms with Crippen molar-refractivity contribution in [2.75, 3.05) is 6.61 Å². The number of aryl methyl sites for hydroxylation is 3. The number of rotatable bonds is 6. The molecular formula is C25H26N2O. The molecule has 4 rings (SSSR count). The normalized spacial score (nSPS) is 11.4. The average Bonchev–Trinajstić information content (AvgIpc) is 2.71. The Morgan fingerprint density at radius 2 is 1.71 bits per heavy atom. The van der Waals surface area contributed by atoms with Crippen LogP contribution in [0.4, 0.5) is 0 Å². The second-order valence-corrected chi connectivity index (χ2v) is 7.86. The first-order valence-corrected chi connectivity index (χ1v) is 9.95. The van der Waals surface area contributed by atoms with Gasteiger partial charge in [0.2, 0.25) is 0 Å². The van der Waals surface area contributed by atoms with Gasteiger partial charge < -0.3 is 4.74 Å². The molecule has 0 saturated carbocycles. The summed E-state index contributed by atoms with van der Waals surface area (Å²) in [6.07, 6.45) is 5.74. The van der Waals surface area contributed by atoms with E-state index in [1.165, 1.54) is 27.5 Å². The first-order valence-electron chi connectivity index (χ1n) is 9.95. The quantitative estimate of drug-likeness (QED) is 0.396. The zero-order chi connectivity index (χ0) is 19.5. The molecule has 2 aromatic carbocycles. The van der Waals surface area contributed by atoms with Gasteiger partial charge in [-0.1, -0.05) is 38.1 Å². The molecule has 0 saturated heterocycles. The zero-order valence-corrected chi connectivity index (χ0v) is 16.8. The molecule has 0 amide bonds. The lowest BCUT2D eigenvalue weighted by molar-refractivity contribution is 0.271. The average molecular weight is 370 g/mol. The Kier molecular flexibility index (Phi) is 5.25. The van der Waals surface area contributed by atoms with Crippen molar-refractivity contribution in [3.8, 4) is 5.75 Å². The number of aromatic nitrogens is 2. The molecule has 0 unspecified atom stereocenters. The summed E-state index contributed by atoms with van der Waals surface area (Å²) < 4.78 is 5.79. The van der Waals surface area contributed by atoms with E-state index in [1.54, 1.807) is 0 Å². The lowest BCUT2D eigenvalue weighted by Gasteiger charge is -2.11. The van der Waals surface area contributed by atoms with Gasteiger partial charge in [-0.25, -0.2) is 0 Å². The third-order valence-electron chi connectivity index (χ3n) is 5.00. The molecule has 142 valence electrons. The summed E-state index contributed by atoms with van der Waals surface area (Å²) in [7, 11) is 0. The number of hydrogen-bond acceptors (Lipinski definition) is 3. The molecule has 28 heavy (non-hydrogen) atoms. The van der Waals surface area contributed by atoms with Crippen molar-refractivity contribution in [3.05, 3.63) is 77.6 Å². The summed E-state index contributed by atoms with van der Waals surface area (Å²) in [4.78, 5) is 9.13. The maximum absolute atomic E-state index is 5.79. The van der Waals surface area contributed by atoms with Crippen molar-refractivity contribution in [3.63, 3.8) is 0 Å². The van der Waals surface area contributed by atoms with Gasteiger partial charge in [0, 0.05) is 17.0 Å². The molecule has 0 spiro atoms. The van der Waals surface area contributed by atoms with E-state index in [0.29, 0.717) is 5.92 Å². The Labute approximate surface area is 166 Å². The maximum atomic E-state index is 5.79. The van der Waals surface area contributed by atoms with Gasteiger partial charge in [-0.3, -0.25) is 9.97 Å². The molecule has 0 radical (unpaired) electrons. The molecule has 0 N–H and O–H groups in total. The van der Waals surface area contributed by atoms with Gasteiger partial charge in [0.25, 0.3) is 0 Å². The molecule has 3 heteroatoms. The predicted molar refractivity (Wildman–Crippen MR) is 116 cm³/mol. The van der Waals surface area contributed by atoms with Crippen LogP contribution >= 0.6 is 0 Å². The first kappa shape index (κ1) is 18.4. The monoisotopic (exact) mass is 370 g/mol. The van der Waals surface area contributed by atoms with Crippen LogP contribution in [-0.2, 0) is 12.8 Å². The summed E-state index contributed by atoms with van der Waals surface area (Å²) in [6, 6.07) is 17.1. The molecule has 0 bridgehead atoms. The molecule has 2 aromatic heterocycles. The van der Waals surface area contributed by atoms with Gasteiger partial charge in [-0.2, -0.15) is 0 Å². The van der Waals surface area contributed by atoms with Crippen LogP contribution in [0.2, 0.25) is 0 Å². The van der Waals surface area contributed by atoms with E-state index in [2.05, 4.69) is 79.3 Å². The van der Waals surface area contributed by atoms with Crippen LogP contribution in [0.1, 0.15) is 30.5 Å². The van der Waals surface area contributed by atoms with Crippen LogP contribution in [0.25, 0.3) is 21.8 Å². The Morgan fingerprint density at radius 3 is 2.50 bits per heavy atom. The highest BCUT2D eigenvalue weighted by Gasteiger charge is 2.08. The molecule has 0 fully saturated rings. The van der Waals surface area contributed by atoms with Crippen molar-refractivity contribution < 1.29 is 4.74 Å². The van der Waals surface area contributed by atoms with Gasteiger partial charge in [0.15, 0.2) is 0 Å². The Bertz CT molecular complexity index is 1100. The Morgan fingerprint density at radius 1 is 0.893 bits per heavy atom. The van der Waals surface area contributed by atoms with Crippen molar-refractivity contribution in [1.82, 2.24) is 9.97 Å². The van der Waals surface area contributed by atoms with E-state index in [1.807, 2.05) is 12.4 Å². The topological polar surface area (TPSA) is 35.0 Å². The fraction of sp³-hybridized carbons (Fsp3) is 0.280. The zero-order valence-electron chi connectivity index (χ0n) is 16.8. The first-order chi connectivity index (χ1) is 13.6. The number of ether oxygens (including phenoxy) is 1. The highest BCUT2D eigenvalue weighted by atomic mass is 16.5. The second-order valence-electron chi connectivity index (χ2n) is 7.86. The number of nitrogens with zero attached hydrogens (tertiary/aromatic N) is 2. The summed E-state index contributed by atoms with van der Waals surface area (Å²) in [5.41, 5.74) is 5.86. The van der Waals surface area contributed by atoms with Crippen LogP contribution < -0.4 is 4.74 Å². The molecule has 0 aliphatic heterocycles. The van der Waals surface area contributed by atoms with Crippen LogP contribution in [-0.4, -0.2) is 16.6 Å². The van der Waals surface area contributed by atoms with Crippen LogP contribution in [0.3, 0.4) is 0 Å². The van der Waals surface area contributed by atoms with E-state index in [9.17, 15) is 0 Å². The van der Waals surface area contributed by atoms with Crippen LogP contribution in [0.5, 0.6) is 5.75 Å². The van der Waals surface area contributed by atoms with E-state index < -0.39 is 0 Å². The minimum Gasteiger partial charge on any atom is -0.493 e. The Hall–Kier alpha value is -2.94. The maximum Gasteiger partial charge on any atom is 0.119 e. The molecule has 2 heterocycles. The fourth-order valence-corrected chi connectivity index (χ4v) is 3.52. The van der Waals surface area contributed by atoms with Gasteiger partial charge >= 0.3 is 0 Å². The second kappa shape index (κ2) is 7.97. The van der Waals surface area contributed by atoms with Crippen molar-refractivity contribution >= 4 is 21.8 Å². The van der Waals surface area contributed by atoms with Gasteiger partial charge in [0.1, 0.15) is 5.75 Å². The summed E-state index contributed by atoms with van der Waals surface area (Å²) in [5, 5.41) is 2.41. The molecule has 3 nitrogen and oxygen atoms in total. The number of fused-ring (bicyclic) bond motifs is 3. The van der Waals surface area contributed by atoms with Crippen molar-refractivity contribution in [2.24, 2.45) is 5.92 Å². The molecule has 0 atom stereocenters. The highest BCUT2D eigenvalue weighted by Crippen LogP contribution is 2.27. The molecular weight excluding hydrogens is 344 g/mol. The number of benzene rings is 2. The van der Waals surface area contributed by atoms with E-state index in [4.69, 9.17) is 4.74 Å². The summed E-state index contributed by atoms with van der Waals surface area (Å²) in [5.74, 6) is 1.48.